The molecule has 1 rings (SSSR count). The van der Waals surface area contributed by atoms with Crippen LogP contribution in [0.3, 0.4) is 0 Å². The molecule has 132 valence electrons. The van der Waals surface area contributed by atoms with Gasteiger partial charge in [-0.05, 0) is 44.3 Å². The first-order valence-electron chi connectivity index (χ1n) is 9.52. The van der Waals surface area contributed by atoms with E-state index < -0.39 is 0 Å². The Labute approximate surface area is 147 Å². The van der Waals surface area contributed by atoms with E-state index in [1.807, 2.05) is 0 Å². The summed E-state index contributed by atoms with van der Waals surface area (Å²) in [5.74, 6) is 0.743. The van der Waals surface area contributed by atoms with Crippen LogP contribution in [0.2, 0.25) is 0 Å². The summed E-state index contributed by atoms with van der Waals surface area (Å²) < 4.78 is 5.24. The molecule has 1 N–H and O–H groups in total. The van der Waals surface area contributed by atoms with E-state index in [1.165, 1.54) is 77.0 Å². The highest BCUT2D eigenvalue weighted by molar-refractivity contribution is 7.71. The molecule has 0 fully saturated rings. The van der Waals surface area contributed by atoms with Gasteiger partial charge in [0.15, 0.2) is 0 Å². The largest absolute Gasteiger partial charge is 0.414 e. The van der Waals surface area contributed by atoms with Gasteiger partial charge in [-0.1, -0.05) is 70.4 Å². The first-order valence-corrected chi connectivity index (χ1v) is 9.93. The van der Waals surface area contributed by atoms with Crippen LogP contribution in [-0.4, -0.2) is 10.2 Å². The summed E-state index contributed by atoms with van der Waals surface area (Å²) in [5, 5.41) is 6.68. The molecule has 0 radical (unpaired) electrons. The molecule has 0 aliphatic rings. The Balaban J connectivity index is 1.78. The van der Waals surface area contributed by atoms with Gasteiger partial charge in [-0.25, -0.2) is 5.10 Å². The van der Waals surface area contributed by atoms with Crippen LogP contribution in [-0.2, 0) is 6.42 Å². The second-order valence-corrected chi connectivity index (χ2v) is 6.71. The Morgan fingerprint density at radius 1 is 0.870 bits per heavy atom. The number of unbranched alkanes of at least 4 members (excludes halogenated alkanes) is 11. The van der Waals surface area contributed by atoms with Crippen molar-refractivity contribution in [2.24, 2.45) is 0 Å². The molecule has 0 aliphatic heterocycles. The zero-order valence-electron chi connectivity index (χ0n) is 14.8. The zero-order chi connectivity index (χ0) is 16.6. The van der Waals surface area contributed by atoms with E-state index in [9.17, 15) is 0 Å². The number of hydrogen-bond acceptors (Lipinski definition) is 3. The van der Waals surface area contributed by atoms with E-state index in [4.69, 9.17) is 16.6 Å². The predicted octanol–water partition coefficient (Wildman–Crippen LogP) is 6.92. The average Bonchev–Trinajstić information content (AvgIpc) is 2.96. The first-order chi connectivity index (χ1) is 11.3. The summed E-state index contributed by atoms with van der Waals surface area (Å²) in [5.41, 5.74) is 0. The summed E-state index contributed by atoms with van der Waals surface area (Å²) in [6, 6.07) is 0. The fraction of sp³-hybridized carbons (Fsp3) is 0.789. The summed E-state index contributed by atoms with van der Waals surface area (Å²) >= 11 is 4.85. The third kappa shape index (κ3) is 12.2. The van der Waals surface area contributed by atoms with Crippen LogP contribution >= 0.6 is 12.2 Å². The Morgan fingerprint density at radius 3 is 2.00 bits per heavy atom. The molecule has 0 amide bonds. The molecule has 23 heavy (non-hydrogen) atoms. The Morgan fingerprint density at radius 2 is 1.43 bits per heavy atom. The van der Waals surface area contributed by atoms with Crippen molar-refractivity contribution in [3.05, 3.63) is 22.9 Å². The van der Waals surface area contributed by atoms with Crippen molar-refractivity contribution in [3.63, 3.8) is 0 Å². The minimum absolute atomic E-state index is 0.382. The van der Waals surface area contributed by atoms with Crippen LogP contribution in [0, 0.1) is 4.84 Å². The number of hydrogen-bond donors (Lipinski definition) is 1. The second kappa shape index (κ2) is 14.7. The third-order valence-electron chi connectivity index (χ3n) is 4.13. The molecule has 0 aliphatic carbocycles. The van der Waals surface area contributed by atoms with Crippen molar-refractivity contribution in [1.29, 1.82) is 0 Å². The average molecular weight is 339 g/mol. The Kier molecular flexibility index (Phi) is 12.9. The molecule has 0 spiro atoms. The summed E-state index contributed by atoms with van der Waals surface area (Å²) in [6.07, 6.45) is 22.8. The van der Waals surface area contributed by atoms with Gasteiger partial charge in [0.1, 0.15) is 0 Å². The number of aryl methyl sites for hydroxylation is 1. The highest BCUT2D eigenvalue weighted by Gasteiger charge is 1.98. The van der Waals surface area contributed by atoms with Gasteiger partial charge >= 0.3 is 0 Å². The molecule has 0 aromatic carbocycles. The molecule has 3 nitrogen and oxygen atoms in total. The molecule has 0 unspecified atom stereocenters. The Bertz CT molecular complexity index is 450. The highest BCUT2D eigenvalue weighted by Crippen LogP contribution is 2.10. The molecular formula is C19H34N2OS. The molecule has 1 aromatic heterocycles. The fourth-order valence-corrected chi connectivity index (χ4v) is 2.86. The lowest BCUT2D eigenvalue weighted by Gasteiger charge is -1.99. The van der Waals surface area contributed by atoms with E-state index in [-0.39, 0.29) is 0 Å². The number of rotatable bonds is 15. The number of nitrogens with zero attached hydrogens (tertiary/aromatic N) is 1. The van der Waals surface area contributed by atoms with Gasteiger partial charge in [-0.3, -0.25) is 0 Å². The lowest BCUT2D eigenvalue weighted by atomic mass is 10.1. The fourth-order valence-electron chi connectivity index (χ4n) is 2.71. The maximum Gasteiger partial charge on any atom is 0.284 e. The van der Waals surface area contributed by atoms with Crippen molar-refractivity contribution in [3.8, 4) is 0 Å². The van der Waals surface area contributed by atoms with E-state index in [0.29, 0.717) is 4.84 Å². The lowest BCUT2D eigenvalue weighted by Crippen LogP contribution is -1.86. The minimum Gasteiger partial charge on any atom is -0.414 e. The standard InChI is InChI=1S/C19H34N2OS/c1-2-3-4-5-6-7-8-9-10-11-12-13-14-15-16-17-18-20-21-19(23)22-18/h9-10H,2-8,11-17H2,1H3,(H,21,23)/b10-9+. The van der Waals surface area contributed by atoms with Gasteiger partial charge in [0.25, 0.3) is 4.84 Å². The van der Waals surface area contributed by atoms with Crippen LogP contribution in [0.15, 0.2) is 16.6 Å². The first kappa shape index (κ1) is 20.1. The van der Waals surface area contributed by atoms with Gasteiger partial charge < -0.3 is 4.42 Å². The summed E-state index contributed by atoms with van der Waals surface area (Å²) in [6.45, 7) is 2.27. The number of H-pyrrole nitrogens is 1. The van der Waals surface area contributed by atoms with Crippen LogP contribution in [0.25, 0.3) is 0 Å². The summed E-state index contributed by atoms with van der Waals surface area (Å²) in [4.78, 5) is 0.382. The molecule has 1 heterocycles. The third-order valence-corrected chi connectivity index (χ3v) is 4.31. The molecule has 0 saturated carbocycles. The van der Waals surface area contributed by atoms with Crippen molar-refractivity contribution in [2.75, 3.05) is 0 Å². The minimum atomic E-state index is 0.382. The molecular weight excluding hydrogens is 304 g/mol. The molecule has 1 aromatic rings. The van der Waals surface area contributed by atoms with E-state index in [0.717, 1.165) is 18.7 Å². The molecule has 4 heteroatoms. The monoisotopic (exact) mass is 338 g/mol. The van der Waals surface area contributed by atoms with Gasteiger partial charge in [-0.15, -0.1) is 5.10 Å². The van der Waals surface area contributed by atoms with Gasteiger partial charge in [0.05, 0.1) is 0 Å². The maximum absolute atomic E-state index is 5.24. The normalized spacial score (nSPS) is 11.5. The van der Waals surface area contributed by atoms with E-state index in [1.54, 1.807) is 0 Å². The van der Waals surface area contributed by atoms with Gasteiger partial charge in [-0.2, -0.15) is 0 Å². The molecule has 0 atom stereocenters. The Hall–Kier alpha value is -0.900. The van der Waals surface area contributed by atoms with Crippen molar-refractivity contribution in [2.45, 2.75) is 96.8 Å². The topological polar surface area (TPSA) is 41.8 Å². The lowest BCUT2D eigenvalue weighted by molar-refractivity contribution is 0.467. The summed E-state index contributed by atoms with van der Waals surface area (Å²) in [7, 11) is 0. The number of nitrogens with one attached hydrogen (secondary N) is 1. The van der Waals surface area contributed by atoms with Crippen LogP contribution in [0.4, 0.5) is 0 Å². The smallest absolute Gasteiger partial charge is 0.284 e. The van der Waals surface area contributed by atoms with E-state index in [2.05, 4.69) is 29.3 Å². The van der Waals surface area contributed by atoms with Crippen LogP contribution in [0.1, 0.15) is 96.3 Å². The maximum atomic E-state index is 5.24. The zero-order valence-corrected chi connectivity index (χ0v) is 15.6. The van der Waals surface area contributed by atoms with Crippen molar-refractivity contribution in [1.82, 2.24) is 10.2 Å². The number of aromatic amines is 1. The quantitative estimate of drug-likeness (QED) is 0.214. The second-order valence-electron chi connectivity index (χ2n) is 6.34. The van der Waals surface area contributed by atoms with Crippen molar-refractivity contribution >= 4 is 12.2 Å². The van der Waals surface area contributed by atoms with E-state index >= 15 is 0 Å². The van der Waals surface area contributed by atoms with Crippen LogP contribution in [0.5, 0.6) is 0 Å². The highest BCUT2D eigenvalue weighted by atomic mass is 32.1. The number of aromatic nitrogens is 2. The SMILES string of the molecule is CCCCCCCC/C=C/CCCCCCCc1n[nH]c(=S)o1. The van der Waals surface area contributed by atoms with Crippen LogP contribution < -0.4 is 0 Å². The predicted molar refractivity (Wildman–Crippen MR) is 100 cm³/mol. The van der Waals surface area contributed by atoms with Crippen molar-refractivity contribution < 1.29 is 4.42 Å². The number of allylic oxidation sites excluding steroid dienone is 2. The molecule has 0 bridgehead atoms. The van der Waals surface area contributed by atoms with Gasteiger partial charge in [0, 0.05) is 6.42 Å². The van der Waals surface area contributed by atoms with Gasteiger partial charge in [0.2, 0.25) is 5.89 Å². The molecule has 0 saturated heterocycles.